The van der Waals surface area contributed by atoms with Crippen LogP contribution in [0.2, 0.25) is 0 Å². The molecule has 1 heterocycles. The largest absolute Gasteiger partial charge is 0.478 e. The molecular weight excluding hydrogens is 186 g/mol. The molecule has 0 amide bonds. The van der Waals surface area contributed by atoms with Crippen molar-refractivity contribution in [3.8, 4) is 6.07 Å². The highest BCUT2D eigenvalue weighted by Crippen LogP contribution is 2.23. The molecule has 13 heavy (non-hydrogen) atoms. The summed E-state index contributed by atoms with van der Waals surface area (Å²) in [7, 11) is 0. The van der Waals surface area contributed by atoms with Crippen LogP contribution in [0.25, 0.3) is 0 Å². The Morgan fingerprint density at radius 1 is 1.77 bits per heavy atom. The molecule has 0 atom stereocenters. The summed E-state index contributed by atoms with van der Waals surface area (Å²) in [6.45, 7) is 0. The van der Waals surface area contributed by atoms with Crippen LogP contribution in [0.1, 0.15) is 0 Å². The normalized spacial score (nSPS) is 16.2. The molecule has 3 nitrogen and oxygen atoms in total. The molecule has 0 aromatic carbocycles. The van der Waals surface area contributed by atoms with Gasteiger partial charge in [0.25, 0.3) is 0 Å². The number of nitriles is 1. The monoisotopic (exact) mass is 193 g/mol. The Labute approximate surface area is 80.1 Å². The van der Waals surface area contributed by atoms with Crippen LogP contribution < -0.4 is 0 Å². The third-order valence-electron chi connectivity index (χ3n) is 1.37. The van der Waals surface area contributed by atoms with E-state index in [2.05, 4.69) is 0 Å². The van der Waals surface area contributed by atoms with Gasteiger partial charge in [0.1, 0.15) is 0 Å². The molecule has 0 spiro atoms. The molecule has 1 N–H and O–H groups in total. The first-order valence-electron chi connectivity index (χ1n) is 3.58. The van der Waals surface area contributed by atoms with Crippen molar-refractivity contribution in [2.75, 3.05) is 5.75 Å². The number of allylic oxidation sites excluding steroid dienone is 3. The van der Waals surface area contributed by atoms with Gasteiger partial charge in [0.05, 0.1) is 6.07 Å². The van der Waals surface area contributed by atoms with Gasteiger partial charge in [-0.05, 0) is 12.2 Å². The highest BCUT2D eigenvalue weighted by molar-refractivity contribution is 8.03. The summed E-state index contributed by atoms with van der Waals surface area (Å²) in [4.78, 5) is 11.0. The quantitative estimate of drug-likeness (QED) is 0.678. The van der Waals surface area contributed by atoms with Gasteiger partial charge < -0.3 is 5.11 Å². The zero-order chi connectivity index (χ0) is 9.68. The fourth-order valence-corrected chi connectivity index (χ4v) is 1.64. The van der Waals surface area contributed by atoms with E-state index in [9.17, 15) is 4.79 Å². The maximum atomic E-state index is 10.2. The van der Waals surface area contributed by atoms with Crippen molar-refractivity contribution >= 4 is 17.7 Å². The fourth-order valence-electron chi connectivity index (χ4n) is 0.809. The summed E-state index contributed by atoms with van der Waals surface area (Å²) < 4.78 is 0. The summed E-state index contributed by atoms with van der Waals surface area (Å²) in [6, 6.07) is 2.01. The number of nitrogens with zero attached hydrogens (tertiary/aromatic N) is 1. The molecule has 1 aliphatic heterocycles. The second-order valence-electron chi connectivity index (χ2n) is 2.30. The second-order valence-corrected chi connectivity index (χ2v) is 3.39. The molecule has 4 heteroatoms. The molecule has 0 aromatic rings. The molecule has 0 unspecified atom stereocenters. The molecule has 1 aliphatic rings. The number of rotatable bonds is 2. The number of carboxylic acid groups (broad SMARTS) is 1. The van der Waals surface area contributed by atoms with E-state index in [0.717, 1.165) is 16.7 Å². The first-order chi connectivity index (χ1) is 6.22. The van der Waals surface area contributed by atoms with Crippen molar-refractivity contribution in [1.29, 1.82) is 5.26 Å². The summed E-state index contributed by atoms with van der Waals surface area (Å²) in [5.74, 6) is -0.256. The van der Waals surface area contributed by atoms with Crippen LogP contribution in [0.3, 0.4) is 0 Å². The summed E-state index contributed by atoms with van der Waals surface area (Å²) in [6.07, 6.45) is 6.05. The summed E-state index contributed by atoms with van der Waals surface area (Å²) >= 11 is 1.51. The van der Waals surface area contributed by atoms with Crippen LogP contribution in [0.5, 0.6) is 0 Å². The fraction of sp³-hybridized carbons (Fsp3) is 0.111. The zero-order valence-corrected chi connectivity index (χ0v) is 7.54. The van der Waals surface area contributed by atoms with Crippen LogP contribution in [0, 0.1) is 11.3 Å². The molecule has 0 bridgehead atoms. The Hall–Kier alpha value is -1.47. The molecule has 0 saturated carbocycles. The number of carboxylic acids is 1. The summed E-state index contributed by atoms with van der Waals surface area (Å²) in [5.41, 5.74) is 0.587. The predicted octanol–water partition coefficient (Wildman–Crippen LogP) is 1.71. The smallest absolute Gasteiger partial charge is 0.328 e. The maximum absolute atomic E-state index is 10.2. The minimum atomic E-state index is -0.977. The van der Waals surface area contributed by atoms with Gasteiger partial charge in [-0.3, -0.25) is 0 Å². The van der Waals surface area contributed by atoms with Crippen molar-refractivity contribution in [2.24, 2.45) is 0 Å². The lowest BCUT2D eigenvalue weighted by Crippen LogP contribution is -1.90. The van der Waals surface area contributed by atoms with Crippen LogP contribution >= 0.6 is 11.8 Å². The lowest BCUT2D eigenvalue weighted by atomic mass is 10.2. The highest BCUT2D eigenvalue weighted by Gasteiger charge is 2.02. The molecule has 0 saturated heterocycles. The van der Waals surface area contributed by atoms with E-state index in [1.165, 1.54) is 17.8 Å². The molecule has 0 fully saturated rings. The molecule has 1 rings (SSSR count). The van der Waals surface area contributed by atoms with E-state index >= 15 is 0 Å². The number of hydrogen-bond acceptors (Lipinski definition) is 3. The lowest BCUT2D eigenvalue weighted by molar-refractivity contribution is -0.131. The van der Waals surface area contributed by atoms with Gasteiger partial charge >= 0.3 is 5.97 Å². The Morgan fingerprint density at radius 2 is 2.54 bits per heavy atom. The van der Waals surface area contributed by atoms with E-state index in [1.807, 2.05) is 12.1 Å². The zero-order valence-electron chi connectivity index (χ0n) is 6.73. The van der Waals surface area contributed by atoms with E-state index in [1.54, 1.807) is 6.08 Å². The van der Waals surface area contributed by atoms with Gasteiger partial charge in [0.2, 0.25) is 0 Å². The average Bonchev–Trinajstić information content (AvgIpc) is 2.15. The lowest BCUT2D eigenvalue weighted by Gasteiger charge is -2.04. The first kappa shape index (κ1) is 9.62. The van der Waals surface area contributed by atoms with Crippen molar-refractivity contribution in [3.63, 3.8) is 0 Å². The molecule has 0 aliphatic carbocycles. The van der Waals surface area contributed by atoms with E-state index in [4.69, 9.17) is 10.4 Å². The van der Waals surface area contributed by atoms with Crippen LogP contribution in [-0.2, 0) is 4.79 Å². The average molecular weight is 193 g/mol. The number of hydrogen-bond donors (Lipinski definition) is 1. The van der Waals surface area contributed by atoms with Crippen LogP contribution in [-0.4, -0.2) is 16.8 Å². The Bertz CT molecular complexity index is 347. The maximum Gasteiger partial charge on any atom is 0.328 e. The highest BCUT2D eigenvalue weighted by atomic mass is 32.2. The molecule has 66 valence electrons. The third kappa shape index (κ3) is 3.18. The van der Waals surface area contributed by atoms with E-state index in [-0.39, 0.29) is 0 Å². The number of aliphatic carboxylic acids is 1. The second kappa shape index (κ2) is 4.53. The van der Waals surface area contributed by atoms with E-state index < -0.39 is 5.97 Å². The standard InChI is InChI=1S/C9H7NO2S/c10-6-7-3-4-13-8(5-7)1-2-9(11)12/h1-3,5H,4H2,(H,11,12). The van der Waals surface area contributed by atoms with Gasteiger partial charge in [-0.25, -0.2) is 4.79 Å². The predicted molar refractivity (Wildman–Crippen MR) is 51.0 cm³/mol. The molecule has 0 aromatic heterocycles. The van der Waals surface area contributed by atoms with Crippen molar-refractivity contribution in [3.05, 3.63) is 34.8 Å². The summed E-state index contributed by atoms with van der Waals surface area (Å²) in [5, 5.41) is 16.9. The van der Waals surface area contributed by atoms with Crippen molar-refractivity contribution < 1.29 is 9.90 Å². The van der Waals surface area contributed by atoms with Crippen LogP contribution in [0.15, 0.2) is 34.8 Å². The molecule has 0 radical (unpaired) electrons. The topological polar surface area (TPSA) is 61.1 Å². The Kier molecular flexibility index (Phi) is 3.35. The van der Waals surface area contributed by atoms with Gasteiger partial charge in [0.15, 0.2) is 0 Å². The van der Waals surface area contributed by atoms with E-state index in [0.29, 0.717) is 5.57 Å². The van der Waals surface area contributed by atoms with Gasteiger partial charge in [0, 0.05) is 22.3 Å². The first-order valence-corrected chi connectivity index (χ1v) is 4.56. The Balaban J connectivity index is 2.73. The minimum absolute atomic E-state index is 0.587. The van der Waals surface area contributed by atoms with Crippen molar-refractivity contribution in [1.82, 2.24) is 0 Å². The van der Waals surface area contributed by atoms with Crippen LogP contribution in [0.4, 0.5) is 0 Å². The number of thioether (sulfide) groups is 1. The SMILES string of the molecule is N#CC1=CCSC(C=CC(=O)O)=C1. The number of carbonyl (C=O) groups is 1. The van der Waals surface area contributed by atoms with Gasteiger partial charge in [-0.2, -0.15) is 5.26 Å². The minimum Gasteiger partial charge on any atom is -0.478 e. The molecular formula is C9H7NO2S. The van der Waals surface area contributed by atoms with Gasteiger partial charge in [-0.1, -0.05) is 6.08 Å². The Morgan fingerprint density at radius 3 is 3.15 bits per heavy atom. The third-order valence-corrected chi connectivity index (χ3v) is 2.29. The van der Waals surface area contributed by atoms with Crippen molar-refractivity contribution in [2.45, 2.75) is 0 Å². The van der Waals surface area contributed by atoms with Gasteiger partial charge in [-0.15, -0.1) is 11.8 Å².